The van der Waals surface area contributed by atoms with E-state index in [2.05, 4.69) is 26.0 Å². The van der Waals surface area contributed by atoms with Gasteiger partial charge >= 0.3 is 0 Å². The van der Waals surface area contributed by atoms with Gasteiger partial charge in [0.25, 0.3) is 0 Å². The molecule has 8 heteroatoms. The summed E-state index contributed by atoms with van der Waals surface area (Å²) in [5.41, 5.74) is 3.25. The summed E-state index contributed by atoms with van der Waals surface area (Å²) < 4.78 is 8.66. The van der Waals surface area contributed by atoms with Crippen LogP contribution in [0.2, 0.25) is 5.02 Å². The quantitative estimate of drug-likeness (QED) is 0.355. The second-order valence-electron chi connectivity index (χ2n) is 6.56. The van der Waals surface area contributed by atoms with E-state index >= 15 is 0 Å². The highest BCUT2D eigenvalue weighted by Gasteiger charge is 2.13. The van der Waals surface area contributed by atoms with E-state index in [4.69, 9.17) is 21.6 Å². The molecule has 6 nitrogen and oxygen atoms in total. The molecule has 2 aromatic carbocycles. The van der Waals surface area contributed by atoms with E-state index in [9.17, 15) is 4.79 Å². The number of fused-ring (bicyclic) bond motifs is 1. The smallest absolute Gasteiger partial charge is 0.153 e. The molecule has 148 valence electrons. The van der Waals surface area contributed by atoms with E-state index in [1.165, 1.54) is 6.20 Å². The predicted molar refractivity (Wildman–Crippen MR) is 117 cm³/mol. The summed E-state index contributed by atoms with van der Waals surface area (Å²) in [6.07, 6.45) is 5.59. The normalized spacial score (nSPS) is 10.7. The SMILES string of the molecule is N#Cc1cncc(COc2cc(Cn3ncc4c(Br)cccc43)c(Cl)cc2C=O)c1. The maximum atomic E-state index is 11.5. The lowest BCUT2D eigenvalue weighted by atomic mass is 10.1. The Morgan fingerprint density at radius 2 is 2.10 bits per heavy atom. The lowest BCUT2D eigenvalue weighted by molar-refractivity contribution is 0.111. The molecule has 0 aliphatic rings. The van der Waals surface area contributed by atoms with Crippen LogP contribution < -0.4 is 4.74 Å². The molecule has 0 spiro atoms. The number of ether oxygens (including phenoxy) is 1. The highest BCUT2D eigenvalue weighted by Crippen LogP contribution is 2.29. The molecule has 0 atom stereocenters. The molecule has 4 rings (SSSR count). The number of nitriles is 1. The summed E-state index contributed by atoms with van der Waals surface area (Å²) in [5.74, 6) is 0.407. The molecule has 0 amide bonds. The number of pyridine rings is 1. The lowest BCUT2D eigenvalue weighted by Crippen LogP contribution is -2.05. The number of hydrogen-bond donors (Lipinski definition) is 0. The number of aldehydes is 1. The van der Waals surface area contributed by atoms with E-state index in [0.717, 1.165) is 26.5 Å². The standard InChI is InChI=1S/C22H14BrClN4O2/c23-19-2-1-3-21-18(19)10-27-28(21)11-16-6-22(17(12-29)5-20(16)24)30-13-15-4-14(7-25)8-26-9-15/h1-6,8-10,12H,11,13H2. The van der Waals surface area contributed by atoms with Gasteiger partial charge in [0.15, 0.2) is 6.29 Å². The fourth-order valence-electron chi connectivity index (χ4n) is 3.09. The molecule has 0 aliphatic heterocycles. The second kappa shape index (κ2) is 8.66. The van der Waals surface area contributed by atoms with E-state index in [1.807, 2.05) is 29.0 Å². The first-order valence-electron chi connectivity index (χ1n) is 8.93. The first-order chi connectivity index (χ1) is 14.6. The summed E-state index contributed by atoms with van der Waals surface area (Å²) >= 11 is 9.96. The Balaban J connectivity index is 1.63. The molecule has 30 heavy (non-hydrogen) atoms. The summed E-state index contributed by atoms with van der Waals surface area (Å²) in [6, 6.07) is 13.0. The van der Waals surface area contributed by atoms with Crippen molar-refractivity contribution in [1.29, 1.82) is 5.26 Å². The molecule has 0 aliphatic carbocycles. The van der Waals surface area contributed by atoms with Gasteiger partial charge in [-0.3, -0.25) is 14.5 Å². The Bertz CT molecular complexity index is 1300. The van der Waals surface area contributed by atoms with Gasteiger partial charge < -0.3 is 4.74 Å². The summed E-state index contributed by atoms with van der Waals surface area (Å²) in [7, 11) is 0. The van der Waals surface area contributed by atoms with Crippen molar-refractivity contribution in [2.45, 2.75) is 13.2 Å². The number of benzene rings is 2. The first-order valence-corrected chi connectivity index (χ1v) is 10.1. The highest BCUT2D eigenvalue weighted by atomic mass is 79.9. The minimum absolute atomic E-state index is 0.169. The molecule has 2 aromatic heterocycles. The number of halogens is 2. The number of rotatable bonds is 6. The van der Waals surface area contributed by atoms with Crippen molar-refractivity contribution in [3.8, 4) is 11.8 Å². The van der Waals surface area contributed by atoms with E-state index < -0.39 is 0 Å². The second-order valence-corrected chi connectivity index (χ2v) is 7.82. The van der Waals surface area contributed by atoms with Gasteiger partial charge in [-0.15, -0.1) is 0 Å². The zero-order valence-electron chi connectivity index (χ0n) is 15.5. The van der Waals surface area contributed by atoms with Crippen molar-refractivity contribution in [1.82, 2.24) is 14.8 Å². The van der Waals surface area contributed by atoms with Crippen molar-refractivity contribution in [2.75, 3.05) is 0 Å². The third-order valence-electron chi connectivity index (χ3n) is 4.58. The average Bonchev–Trinajstić information content (AvgIpc) is 3.18. The van der Waals surface area contributed by atoms with Crippen LogP contribution in [0.5, 0.6) is 5.75 Å². The van der Waals surface area contributed by atoms with Crippen LogP contribution in [-0.2, 0) is 13.2 Å². The molecule has 0 radical (unpaired) electrons. The van der Waals surface area contributed by atoms with Crippen LogP contribution in [0.15, 0.2) is 59.5 Å². The summed E-state index contributed by atoms with van der Waals surface area (Å²) in [5, 5.41) is 14.9. The Morgan fingerprint density at radius 3 is 2.90 bits per heavy atom. The predicted octanol–water partition coefficient (Wildman–Crippen LogP) is 5.16. The minimum atomic E-state index is 0.169. The molecule has 0 saturated heterocycles. The van der Waals surface area contributed by atoms with Gasteiger partial charge in [-0.1, -0.05) is 33.6 Å². The van der Waals surface area contributed by atoms with Crippen molar-refractivity contribution in [2.24, 2.45) is 0 Å². The van der Waals surface area contributed by atoms with Crippen molar-refractivity contribution in [3.63, 3.8) is 0 Å². The Hall–Kier alpha value is -3.21. The van der Waals surface area contributed by atoms with Crippen LogP contribution in [0.4, 0.5) is 0 Å². The third-order valence-corrected chi connectivity index (χ3v) is 5.62. The average molecular weight is 482 g/mol. The third kappa shape index (κ3) is 4.06. The Morgan fingerprint density at radius 1 is 1.23 bits per heavy atom. The number of hydrogen-bond acceptors (Lipinski definition) is 5. The fourth-order valence-corrected chi connectivity index (χ4v) is 3.78. The molecule has 0 fully saturated rings. The van der Waals surface area contributed by atoms with E-state index in [1.54, 1.807) is 30.6 Å². The number of aromatic nitrogens is 3. The zero-order chi connectivity index (χ0) is 21.1. The number of carbonyl (C=O) groups excluding carboxylic acids is 1. The summed E-state index contributed by atoms with van der Waals surface area (Å²) in [6.45, 7) is 0.585. The van der Waals surface area contributed by atoms with Crippen LogP contribution in [0.25, 0.3) is 10.9 Å². The molecule has 0 unspecified atom stereocenters. The molecule has 4 aromatic rings. The zero-order valence-corrected chi connectivity index (χ0v) is 17.9. The first kappa shape index (κ1) is 20.1. The minimum Gasteiger partial charge on any atom is -0.488 e. The van der Waals surface area contributed by atoms with Crippen LogP contribution >= 0.6 is 27.5 Å². The fraction of sp³-hybridized carbons (Fsp3) is 0.0909. The summed E-state index contributed by atoms with van der Waals surface area (Å²) in [4.78, 5) is 15.5. The Kier molecular flexibility index (Phi) is 5.79. The van der Waals surface area contributed by atoms with Crippen LogP contribution in [0, 0.1) is 11.3 Å². The van der Waals surface area contributed by atoms with Gasteiger partial charge in [0.2, 0.25) is 0 Å². The molecule has 2 heterocycles. The highest BCUT2D eigenvalue weighted by molar-refractivity contribution is 9.10. The number of carbonyl (C=O) groups is 1. The molecule has 0 N–H and O–H groups in total. The van der Waals surface area contributed by atoms with Crippen molar-refractivity contribution >= 4 is 44.7 Å². The van der Waals surface area contributed by atoms with Gasteiger partial charge in [-0.25, -0.2) is 0 Å². The molecular formula is C22H14BrClN4O2. The van der Waals surface area contributed by atoms with Gasteiger partial charge in [-0.2, -0.15) is 10.4 Å². The molecular weight excluding hydrogens is 468 g/mol. The van der Waals surface area contributed by atoms with Crippen LogP contribution in [0.3, 0.4) is 0 Å². The largest absolute Gasteiger partial charge is 0.488 e. The van der Waals surface area contributed by atoms with Gasteiger partial charge in [0.1, 0.15) is 18.4 Å². The maximum absolute atomic E-state index is 11.5. The van der Waals surface area contributed by atoms with Gasteiger partial charge in [0, 0.05) is 32.8 Å². The van der Waals surface area contributed by atoms with E-state index in [0.29, 0.717) is 34.7 Å². The monoisotopic (exact) mass is 480 g/mol. The van der Waals surface area contributed by atoms with Gasteiger partial charge in [0.05, 0.1) is 29.4 Å². The maximum Gasteiger partial charge on any atom is 0.153 e. The molecule has 0 bridgehead atoms. The lowest BCUT2D eigenvalue weighted by Gasteiger charge is -2.13. The van der Waals surface area contributed by atoms with Crippen LogP contribution in [0.1, 0.15) is 27.0 Å². The molecule has 0 saturated carbocycles. The van der Waals surface area contributed by atoms with E-state index in [-0.39, 0.29) is 6.61 Å². The topological polar surface area (TPSA) is 80.8 Å². The van der Waals surface area contributed by atoms with Crippen LogP contribution in [-0.4, -0.2) is 21.1 Å². The number of nitrogens with zero attached hydrogens (tertiary/aromatic N) is 4. The van der Waals surface area contributed by atoms with Gasteiger partial charge in [-0.05, 0) is 35.9 Å². The van der Waals surface area contributed by atoms with Crippen molar-refractivity contribution in [3.05, 3.63) is 86.7 Å². The van der Waals surface area contributed by atoms with Crippen molar-refractivity contribution < 1.29 is 9.53 Å². The Labute approximate surface area is 185 Å².